The van der Waals surface area contributed by atoms with E-state index >= 15 is 0 Å². The van der Waals surface area contributed by atoms with Crippen molar-refractivity contribution < 1.29 is 24.2 Å². The van der Waals surface area contributed by atoms with Crippen LogP contribution in [0.2, 0.25) is 5.02 Å². The second-order valence-electron chi connectivity index (χ2n) is 8.78. The highest BCUT2D eigenvalue weighted by molar-refractivity contribution is 6.30. The van der Waals surface area contributed by atoms with Crippen molar-refractivity contribution in [2.45, 2.75) is 37.6 Å². The molecule has 1 heterocycles. The van der Waals surface area contributed by atoms with Gasteiger partial charge in [-0.25, -0.2) is 4.39 Å². The lowest BCUT2D eigenvalue weighted by Crippen LogP contribution is -2.50. The third-order valence-corrected chi connectivity index (χ3v) is 6.57. The van der Waals surface area contributed by atoms with Crippen LogP contribution in [-0.4, -0.2) is 45.7 Å². The number of hydrogen-bond acceptors (Lipinski definition) is 5. The summed E-state index contributed by atoms with van der Waals surface area (Å²) in [7, 11) is 0. The van der Waals surface area contributed by atoms with Crippen LogP contribution >= 0.6 is 11.6 Å². The van der Waals surface area contributed by atoms with Crippen molar-refractivity contribution in [3.63, 3.8) is 0 Å². The monoisotopic (exact) mass is 511 g/mol. The van der Waals surface area contributed by atoms with Gasteiger partial charge in [0.15, 0.2) is 12.2 Å². The van der Waals surface area contributed by atoms with Gasteiger partial charge < -0.3 is 26.2 Å². The number of halogens is 2. The number of carbonyl (C=O) groups excluding carboxylic acids is 2. The molecule has 3 aromatic carbocycles. The zero-order valence-electron chi connectivity index (χ0n) is 19.4. The molecule has 7 nitrogen and oxygen atoms in total. The van der Waals surface area contributed by atoms with E-state index in [4.69, 9.17) is 17.3 Å². The Balaban J connectivity index is 1.35. The lowest BCUT2D eigenvalue weighted by Gasteiger charge is -2.28. The molecule has 0 bridgehead atoms. The second-order valence-corrected chi connectivity index (χ2v) is 9.22. The Kier molecular flexibility index (Phi) is 7.88. The van der Waals surface area contributed by atoms with Gasteiger partial charge in [-0.15, -0.1) is 0 Å². The maximum absolute atomic E-state index is 13.3. The number of rotatable bonds is 7. The van der Waals surface area contributed by atoms with Crippen molar-refractivity contribution in [2.75, 3.05) is 12.3 Å². The zero-order valence-corrected chi connectivity index (χ0v) is 20.2. The molecule has 5 N–H and O–H groups in total. The standard InChI is InChI=1S/C27H27ClFN3O4/c28-19-4-1-3-18(13-19)23-5-2-12-32(23)27(36)25(34)24(33)26(35)31-15-16-6-8-17(9-7-16)21-11-10-20(29)14-22(21)30/h1,3-4,6-11,13-14,23-25,33-34H,2,5,12,15,30H2,(H,31,35)/t23-,24?,25?/m1/s1. The predicted octanol–water partition coefficient (Wildman–Crippen LogP) is 3.43. The first kappa shape index (κ1) is 25.6. The van der Waals surface area contributed by atoms with Gasteiger partial charge in [-0.2, -0.15) is 0 Å². The Morgan fingerprint density at radius 2 is 1.83 bits per heavy atom. The maximum Gasteiger partial charge on any atom is 0.255 e. The number of carbonyl (C=O) groups is 2. The fourth-order valence-electron chi connectivity index (χ4n) is 4.43. The number of amides is 2. The van der Waals surface area contributed by atoms with Gasteiger partial charge >= 0.3 is 0 Å². The van der Waals surface area contributed by atoms with Crippen molar-refractivity contribution in [3.8, 4) is 11.1 Å². The molecule has 0 aliphatic carbocycles. The number of likely N-dealkylation sites (tertiary alicyclic amines) is 1. The number of nitrogens with one attached hydrogen (secondary N) is 1. The molecule has 36 heavy (non-hydrogen) atoms. The summed E-state index contributed by atoms with van der Waals surface area (Å²) in [4.78, 5) is 26.9. The molecule has 2 unspecified atom stereocenters. The van der Waals surface area contributed by atoms with Crippen LogP contribution in [0.3, 0.4) is 0 Å². The maximum atomic E-state index is 13.3. The smallest absolute Gasteiger partial charge is 0.255 e. The van der Waals surface area contributed by atoms with Gasteiger partial charge in [-0.05, 0) is 59.9 Å². The molecule has 0 aromatic heterocycles. The number of benzene rings is 3. The van der Waals surface area contributed by atoms with Crippen LogP contribution in [0.4, 0.5) is 10.1 Å². The minimum atomic E-state index is -1.92. The predicted molar refractivity (Wildman–Crippen MR) is 135 cm³/mol. The van der Waals surface area contributed by atoms with Gasteiger partial charge in [0.25, 0.3) is 11.8 Å². The van der Waals surface area contributed by atoms with Crippen LogP contribution in [0.5, 0.6) is 0 Å². The van der Waals surface area contributed by atoms with E-state index in [-0.39, 0.29) is 12.6 Å². The number of aliphatic hydroxyl groups is 2. The van der Waals surface area contributed by atoms with Crippen LogP contribution < -0.4 is 11.1 Å². The summed E-state index contributed by atoms with van der Waals surface area (Å²) >= 11 is 6.08. The minimum absolute atomic E-state index is 0.0742. The number of anilines is 1. The Morgan fingerprint density at radius 3 is 2.53 bits per heavy atom. The summed E-state index contributed by atoms with van der Waals surface area (Å²) in [6, 6.07) is 18.1. The molecule has 1 aliphatic rings. The van der Waals surface area contributed by atoms with Crippen LogP contribution in [0.25, 0.3) is 11.1 Å². The fraction of sp³-hybridized carbons (Fsp3) is 0.259. The van der Waals surface area contributed by atoms with Gasteiger partial charge in [-0.1, -0.05) is 48.0 Å². The van der Waals surface area contributed by atoms with Crippen molar-refractivity contribution in [1.29, 1.82) is 0 Å². The van der Waals surface area contributed by atoms with Crippen LogP contribution in [0.1, 0.15) is 30.0 Å². The van der Waals surface area contributed by atoms with Gasteiger partial charge in [0.2, 0.25) is 0 Å². The number of nitrogens with zero attached hydrogens (tertiary/aromatic N) is 1. The average molecular weight is 512 g/mol. The number of hydrogen-bond donors (Lipinski definition) is 4. The number of aliphatic hydroxyl groups excluding tert-OH is 2. The first-order valence-corrected chi connectivity index (χ1v) is 12.0. The van der Waals surface area contributed by atoms with E-state index in [0.717, 1.165) is 23.1 Å². The summed E-state index contributed by atoms with van der Waals surface area (Å²) in [5.74, 6) is -1.98. The Bertz CT molecular complexity index is 1250. The molecule has 3 aromatic rings. The summed E-state index contributed by atoms with van der Waals surface area (Å²) in [5, 5.41) is 23.9. The second kappa shape index (κ2) is 11.1. The Labute approximate surface area is 213 Å². The van der Waals surface area contributed by atoms with Gasteiger partial charge in [0.1, 0.15) is 5.82 Å². The fourth-order valence-corrected chi connectivity index (χ4v) is 4.63. The van der Waals surface area contributed by atoms with Crippen LogP contribution in [0.15, 0.2) is 66.7 Å². The van der Waals surface area contributed by atoms with Crippen molar-refractivity contribution in [2.24, 2.45) is 0 Å². The van der Waals surface area contributed by atoms with Crippen molar-refractivity contribution in [1.82, 2.24) is 10.2 Å². The highest BCUT2D eigenvalue weighted by Gasteiger charge is 2.38. The molecule has 0 spiro atoms. The largest absolute Gasteiger partial charge is 0.398 e. The lowest BCUT2D eigenvalue weighted by molar-refractivity contribution is -0.153. The van der Waals surface area contributed by atoms with Crippen LogP contribution in [-0.2, 0) is 16.1 Å². The Hall–Kier alpha value is -3.46. The third-order valence-electron chi connectivity index (χ3n) is 6.34. The van der Waals surface area contributed by atoms with Gasteiger partial charge in [0, 0.05) is 29.4 Å². The molecule has 1 saturated heterocycles. The van der Waals surface area contributed by atoms with E-state index in [2.05, 4.69) is 5.32 Å². The molecule has 0 radical (unpaired) electrons. The summed E-state index contributed by atoms with van der Waals surface area (Å²) < 4.78 is 13.3. The van der Waals surface area contributed by atoms with E-state index < -0.39 is 29.8 Å². The summed E-state index contributed by atoms with van der Waals surface area (Å²) in [6.45, 7) is 0.483. The normalized spacial score (nSPS) is 17.0. The molecule has 2 amide bonds. The van der Waals surface area contributed by atoms with E-state index in [1.54, 1.807) is 48.5 Å². The van der Waals surface area contributed by atoms with E-state index in [9.17, 15) is 24.2 Å². The first-order chi connectivity index (χ1) is 17.2. The summed E-state index contributed by atoms with van der Waals surface area (Å²) in [5.41, 5.74) is 9.22. The molecule has 1 aliphatic heterocycles. The van der Waals surface area contributed by atoms with Crippen LogP contribution in [0, 0.1) is 5.82 Å². The SMILES string of the molecule is Nc1cc(F)ccc1-c1ccc(CNC(=O)C(O)C(O)C(=O)N2CCC[C@@H]2c2cccc(Cl)c2)cc1. The van der Waals surface area contributed by atoms with Gasteiger partial charge in [0.05, 0.1) is 6.04 Å². The number of nitrogen functional groups attached to an aromatic ring is 1. The van der Waals surface area contributed by atoms with Crippen molar-refractivity contribution >= 4 is 29.1 Å². The first-order valence-electron chi connectivity index (χ1n) is 11.6. The van der Waals surface area contributed by atoms with E-state index in [1.165, 1.54) is 17.0 Å². The van der Waals surface area contributed by atoms with Gasteiger partial charge in [-0.3, -0.25) is 9.59 Å². The molecule has 188 valence electrons. The summed E-state index contributed by atoms with van der Waals surface area (Å²) in [6.07, 6.45) is -2.39. The topological polar surface area (TPSA) is 116 Å². The molecule has 3 atom stereocenters. The molecule has 9 heteroatoms. The quantitative estimate of drug-likeness (QED) is 0.363. The molecule has 4 rings (SSSR count). The third kappa shape index (κ3) is 5.67. The average Bonchev–Trinajstić information content (AvgIpc) is 3.36. The molecule has 1 fully saturated rings. The number of nitrogens with two attached hydrogens (primary N) is 1. The lowest BCUT2D eigenvalue weighted by atomic mass is 10.0. The van der Waals surface area contributed by atoms with E-state index in [0.29, 0.717) is 29.2 Å². The van der Waals surface area contributed by atoms with Crippen molar-refractivity contribution in [3.05, 3.63) is 88.7 Å². The highest BCUT2D eigenvalue weighted by atomic mass is 35.5. The molecular formula is C27H27ClFN3O4. The molecular weight excluding hydrogens is 485 g/mol. The minimum Gasteiger partial charge on any atom is -0.398 e. The zero-order chi connectivity index (χ0) is 25.8. The highest BCUT2D eigenvalue weighted by Crippen LogP contribution is 2.33. The van der Waals surface area contributed by atoms with E-state index in [1.807, 2.05) is 6.07 Å². The molecule has 0 saturated carbocycles. The Morgan fingerprint density at radius 1 is 1.08 bits per heavy atom.